The molecule has 4 heteroatoms. The fraction of sp³-hybridized carbons (Fsp3) is 0.278. The number of nitrogens with one attached hydrogen (secondary N) is 1. The highest BCUT2D eigenvalue weighted by Gasteiger charge is 2.11. The molecule has 0 aliphatic carbocycles. The summed E-state index contributed by atoms with van der Waals surface area (Å²) < 4.78 is 18.4. The van der Waals surface area contributed by atoms with Crippen LogP contribution in [0.15, 0.2) is 42.5 Å². The van der Waals surface area contributed by atoms with Gasteiger partial charge in [-0.2, -0.15) is 0 Å². The van der Waals surface area contributed by atoms with Gasteiger partial charge in [0.1, 0.15) is 11.6 Å². The van der Waals surface area contributed by atoms with Gasteiger partial charge >= 0.3 is 0 Å². The zero-order chi connectivity index (χ0) is 16.1. The van der Waals surface area contributed by atoms with Gasteiger partial charge in [-0.05, 0) is 50.1 Å². The van der Waals surface area contributed by atoms with Crippen LogP contribution >= 0.6 is 0 Å². The second-order valence-corrected chi connectivity index (χ2v) is 5.40. The minimum Gasteiger partial charge on any atom is -0.484 e. The van der Waals surface area contributed by atoms with Crippen LogP contribution in [0, 0.1) is 19.7 Å². The van der Waals surface area contributed by atoms with Gasteiger partial charge in [0, 0.05) is 0 Å². The van der Waals surface area contributed by atoms with Gasteiger partial charge in [-0.15, -0.1) is 0 Å². The maximum Gasteiger partial charge on any atom is 0.258 e. The Balaban J connectivity index is 1.88. The van der Waals surface area contributed by atoms with E-state index < -0.39 is 0 Å². The highest BCUT2D eigenvalue weighted by Crippen LogP contribution is 2.18. The van der Waals surface area contributed by atoms with Crippen molar-refractivity contribution >= 4 is 5.91 Å². The van der Waals surface area contributed by atoms with E-state index >= 15 is 0 Å². The van der Waals surface area contributed by atoms with E-state index in [2.05, 4.69) is 5.32 Å². The minimum absolute atomic E-state index is 0.0462. The molecule has 0 spiro atoms. The second-order valence-electron chi connectivity index (χ2n) is 5.40. The first-order valence-corrected chi connectivity index (χ1v) is 7.20. The SMILES string of the molecule is Cc1ccc(OCC(=O)N[C@H](C)c2ccc(F)cc2)c(C)c1. The lowest BCUT2D eigenvalue weighted by atomic mass is 10.1. The molecule has 0 aliphatic heterocycles. The largest absolute Gasteiger partial charge is 0.484 e. The molecule has 2 aromatic carbocycles. The summed E-state index contributed by atoms with van der Waals surface area (Å²) in [6.07, 6.45) is 0. The first-order valence-electron chi connectivity index (χ1n) is 7.20. The van der Waals surface area contributed by atoms with E-state index in [0.29, 0.717) is 5.75 Å². The number of rotatable bonds is 5. The van der Waals surface area contributed by atoms with Crippen molar-refractivity contribution in [3.05, 3.63) is 65.0 Å². The van der Waals surface area contributed by atoms with E-state index in [4.69, 9.17) is 4.74 Å². The van der Waals surface area contributed by atoms with Gasteiger partial charge in [-0.25, -0.2) is 4.39 Å². The Morgan fingerprint density at radius 2 is 1.86 bits per heavy atom. The van der Waals surface area contributed by atoms with Crippen LogP contribution in [0.1, 0.15) is 29.7 Å². The Hall–Kier alpha value is -2.36. The topological polar surface area (TPSA) is 38.3 Å². The lowest BCUT2D eigenvalue weighted by molar-refractivity contribution is -0.123. The lowest BCUT2D eigenvalue weighted by Crippen LogP contribution is -2.31. The number of carbonyl (C=O) groups is 1. The lowest BCUT2D eigenvalue weighted by Gasteiger charge is -2.15. The molecular weight excluding hydrogens is 281 g/mol. The molecule has 0 heterocycles. The number of amides is 1. The van der Waals surface area contributed by atoms with Crippen molar-refractivity contribution in [2.24, 2.45) is 0 Å². The van der Waals surface area contributed by atoms with Gasteiger partial charge in [0.25, 0.3) is 5.91 Å². The molecule has 1 atom stereocenters. The zero-order valence-electron chi connectivity index (χ0n) is 13.0. The third kappa shape index (κ3) is 4.32. The molecule has 0 saturated heterocycles. The Labute approximate surface area is 130 Å². The van der Waals surface area contributed by atoms with Crippen molar-refractivity contribution in [2.75, 3.05) is 6.61 Å². The molecule has 1 amide bonds. The second kappa shape index (κ2) is 7.07. The molecule has 2 rings (SSSR count). The Kier molecular flexibility index (Phi) is 5.15. The normalized spacial score (nSPS) is 11.8. The van der Waals surface area contributed by atoms with Crippen LogP contribution < -0.4 is 10.1 Å². The van der Waals surface area contributed by atoms with Crippen LogP contribution in [0.5, 0.6) is 5.75 Å². The van der Waals surface area contributed by atoms with Gasteiger partial charge in [-0.3, -0.25) is 4.79 Å². The number of hydrogen-bond donors (Lipinski definition) is 1. The van der Waals surface area contributed by atoms with Crippen molar-refractivity contribution in [1.29, 1.82) is 0 Å². The average Bonchev–Trinajstić information content (AvgIpc) is 2.47. The smallest absolute Gasteiger partial charge is 0.258 e. The summed E-state index contributed by atoms with van der Waals surface area (Å²) in [6, 6.07) is 11.7. The van der Waals surface area contributed by atoms with Crippen molar-refractivity contribution < 1.29 is 13.9 Å². The van der Waals surface area contributed by atoms with E-state index in [0.717, 1.165) is 16.7 Å². The summed E-state index contributed by atoms with van der Waals surface area (Å²) in [6.45, 7) is 5.76. The maximum absolute atomic E-state index is 12.9. The van der Waals surface area contributed by atoms with E-state index in [-0.39, 0.29) is 24.4 Å². The summed E-state index contributed by atoms with van der Waals surface area (Å²) in [5.74, 6) is 0.201. The van der Waals surface area contributed by atoms with Gasteiger partial charge in [-0.1, -0.05) is 29.8 Å². The fourth-order valence-corrected chi connectivity index (χ4v) is 2.22. The summed E-state index contributed by atoms with van der Waals surface area (Å²) in [5.41, 5.74) is 3.00. The van der Waals surface area contributed by atoms with E-state index in [9.17, 15) is 9.18 Å². The highest BCUT2D eigenvalue weighted by molar-refractivity contribution is 5.78. The number of halogens is 1. The summed E-state index contributed by atoms with van der Waals surface area (Å²) >= 11 is 0. The molecular formula is C18H20FNO2. The van der Waals surface area contributed by atoms with Crippen LogP contribution in [0.2, 0.25) is 0 Å². The number of carbonyl (C=O) groups excluding carboxylic acids is 1. The quantitative estimate of drug-likeness (QED) is 0.914. The molecule has 0 fully saturated rings. The standard InChI is InChI=1S/C18H20FNO2/c1-12-4-9-17(13(2)10-12)22-11-18(21)20-14(3)15-5-7-16(19)8-6-15/h4-10,14H,11H2,1-3H3,(H,20,21)/t14-/m1/s1. The van der Waals surface area contributed by atoms with E-state index in [1.807, 2.05) is 39.0 Å². The average molecular weight is 301 g/mol. The zero-order valence-corrected chi connectivity index (χ0v) is 13.0. The molecule has 0 unspecified atom stereocenters. The van der Waals surface area contributed by atoms with E-state index in [1.165, 1.54) is 12.1 Å². The van der Waals surface area contributed by atoms with Gasteiger partial charge in [0.15, 0.2) is 6.61 Å². The first kappa shape index (κ1) is 16.0. The van der Waals surface area contributed by atoms with Crippen molar-refractivity contribution in [3.63, 3.8) is 0 Å². The Morgan fingerprint density at radius 3 is 2.50 bits per heavy atom. The molecule has 3 nitrogen and oxygen atoms in total. The van der Waals surface area contributed by atoms with Crippen LogP contribution in [0.25, 0.3) is 0 Å². The monoisotopic (exact) mass is 301 g/mol. The van der Waals surface area contributed by atoms with Gasteiger partial charge in [0.2, 0.25) is 0 Å². The molecule has 22 heavy (non-hydrogen) atoms. The number of ether oxygens (including phenoxy) is 1. The van der Waals surface area contributed by atoms with Crippen molar-refractivity contribution in [3.8, 4) is 5.75 Å². The fourth-order valence-electron chi connectivity index (χ4n) is 2.22. The summed E-state index contributed by atoms with van der Waals surface area (Å²) in [4.78, 5) is 11.9. The highest BCUT2D eigenvalue weighted by atomic mass is 19.1. The summed E-state index contributed by atoms with van der Waals surface area (Å²) in [7, 11) is 0. The molecule has 0 aliphatic rings. The molecule has 116 valence electrons. The Bertz CT molecular complexity index is 653. The third-order valence-corrected chi connectivity index (χ3v) is 3.44. The van der Waals surface area contributed by atoms with Crippen molar-refractivity contribution in [1.82, 2.24) is 5.32 Å². The molecule has 0 radical (unpaired) electrons. The number of hydrogen-bond acceptors (Lipinski definition) is 2. The van der Waals surface area contributed by atoms with E-state index in [1.54, 1.807) is 12.1 Å². The van der Waals surface area contributed by atoms with Crippen LogP contribution in [0.3, 0.4) is 0 Å². The maximum atomic E-state index is 12.9. The molecule has 1 N–H and O–H groups in total. The van der Waals surface area contributed by atoms with Crippen molar-refractivity contribution in [2.45, 2.75) is 26.8 Å². The molecule has 0 aromatic heterocycles. The predicted molar refractivity (Wildman–Crippen MR) is 84.4 cm³/mol. The predicted octanol–water partition coefficient (Wildman–Crippen LogP) is 3.70. The summed E-state index contributed by atoms with van der Waals surface area (Å²) in [5, 5.41) is 2.83. The minimum atomic E-state index is -0.291. The van der Waals surface area contributed by atoms with Gasteiger partial charge < -0.3 is 10.1 Å². The van der Waals surface area contributed by atoms with Crippen LogP contribution in [0.4, 0.5) is 4.39 Å². The number of benzene rings is 2. The van der Waals surface area contributed by atoms with Crippen LogP contribution in [-0.4, -0.2) is 12.5 Å². The third-order valence-electron chi connectivity index (χ3n) is 3.44. The van der Waals surface area contributed by atoms with Gasteiger partial charge in [0.05, 0.1) is 6.04 Å². The van der Waals surface area contributed by atoms with Crippen LogP contribution in [-0.2, 0) is 4.79 Å². The molecule has 2 aromatic rings. The molecule has 0 bridgehead atoms. The molecule has 0 saturated carbocycles. The number of aryl methyl sites for hydroxylation is 2. The Morgan fingerprint density at radius 1 is 1.18 bits per heavy atom. The first-order chi connectivity index (χ1) is 10.5.